The minimum absolute atomic E-state index is 0.101. The Bertz CT molecular complexity index is 369. The molecule has 1 fully saturated rings. The SMILES string of the molecule is N#CCCNC(=O)C1CCCCS1(=O)=O. The monoisotopic (exact) mass is 230 g/mol. The molecule has 1 rings (SSSR count). The second-order valence-corrected chi connectivity index (χ2v) is 5.85. The highest BCUT2D eigenvalue weighted by Gasteiger charge is 2.34. The third-order valence-corrected chi connectivity index (χ3v) is 4.58. The normalized spacial score (nSPS) is 24.1. The number of carbonyl (C=O) groups is 1. The molecule has 0 bridgehead atoms. The molecule has 1 saturated heterocycles. The fourth-order valence-corrected chi connectivity index (χ4v) is 3.43. The van der Waals surface area contributed by atoms with Crippen LogP contribution in [-0.2, 0) is 14.6 Å². The fourth-order valence-electron chi connectivity index (χ4n) is 1.60. The molecular weight excluding hydrogens is 216 g/mol. The van der Waals surface area contributed by atoms with Crippen LogP contribution in [0.25, 0.3) is 0 Å². The van der Waals surface area contributed by atoms with Crippen LogP contribution in [0.4, 0.5) is 0 Å². The van der Waals surface area contributed by atoms with Gasteiger partial charge in [-0.3, -0.25) is 4.79 Å². The van der Waals surface area contributed by atoms with E-state index in [4.69, 9.17) is 5.26 Å². The maximum atomic E-state index is 11.5. The Hall–Kier alpha value is -1.09. The number of hydrogen-bond donors (Lipinski definition) is 1. The summed E-state index contributed by atoms with van der Waals surface area (Å²) in [6, 6.07) is 1.88. The maximum absolute atomic E-state index is 11.5. The number of nitrogens with zero attached hydrogens (tertiary/aromatic N) is 1. The third-order valence-electron chi connectivity index (χ3n) is 2.41. The summed E-state index contributed by atoms with van der Waals surface area (Å²) in [5.74, 6) is -0.353. The quantitative estimate of drug-likeness (QED) is 0.690. The van der Waals surface area contributed by atoms with E-state index >= 15 is 0 Å². The number of nitriles is 1. The van der Waals surface area contributed by atoms with Gasteiger partial charge in [-0.15, -0.1) is 0 Å². The van der Waals surface area contributed by atoms with Crippen molar-refractivity contribution in [2.24, 2.45) is 0 Å². The summed E-state index contributed by atoms with van der Waals surface area (Å²) in [7, 11) is -3.25. The van der Waals surface area contributed by atoms with Crippen LogP contribution >= 0.6 is 0 Å². The molecule has 0 aromatic carbocycles. The molecule has 1 atom stereocenters. The number of amides is 1. The van der Waals surface area contributed by atoms with E-state index in [0.29, 0.717) is 12.8 Å². The van der Waals surface area contributed by atoms with E-state index in [1.807, 2.05) is 6.07 Å². The van der Waals surface area contributed by atoms with Gasteiger partial charge in [0, 0.05) is 6.54 Å². The molecule has 0 aliphatic carbocycles. The molecule has 1 unspecified atom stereocenters. The Morgan fingerprint density at radius 1 is 1.47 bits per heavy atom. The van der Waals surface area contributed by atoms with E-state index in [-0.39, 0.29) is 18.7 Å². The summed E-state index contributed by atoms with van der Waals surface area (Å²) in [5, 5.41) is 9.84. The van der Waals surface area contributed by atoms with Gasteiger partial charge in [0.1, 0.15) is 5.25 Å². The Balaban J connectivity index is 2.55. The zero-order valence-electron chi connectivity index (χ0n) is 8.40. The second kappa shape index (κ2) is 5.12. The number of nitrogens with one attached hydrogen (secondary N) is 1. The molecule has 84 valence electrons. The van der Waals surface area contributed by atoms with Gasteiger partial charge in [0.15, 0.2) is 9.84 Å². The van der Waals surface area contributed by atoms with Crippen molar-refractivity contribution >= 4 is 15.7 Å². The lowest BCUT2D eigenvalue weighted by molar-refractivity contribution is -0.120. The summed E-state index contributed by atoms with van der Waals surface area (Å²) in [6.45, 7) is 0.224. The summed E-state index contributed by atoms with van der Waals surface area (Å²) < 4.78 is 23.1. The average Bonchev–Trinajstić information content (AvgIpc) is 2.17. The van der Waals surface area contributed by atoms with Gasteiger partial charge in [0.2, 0.25) is 5.91 Å². The fraction of sp³-hybridized carbons (Fsp3) is 0.778. The van der Waals surface area contributed by atoms with Crippen LogP contribution in [-0.4, -0.2) is 31.9 Å². The maximum Gasteiger partial charge on any atom is 0.238 e. The van der Waals surface area contributed by atoms with Crippen molar-refractivity contribution in [3.05, 3.63) is 0 Å². The molecule has 0 spiro atoms. The lowest BCUT2D eigenvalue weighted by Crippen LogP contribution is -2.43. The molecule has 1 heterocycles. The standard InChI is InChI=1S/C9H14N2O3S/c10-5-3-6-11-9(12)8-4-1-2-7-15(8,13)14/h8H,1-4,6-7H2,(H,11,12). The molecule has 0 aromatic rings. The highest BCUT2D eigenvalue weighted by molar-refractivity contribution is 7.92. The number of carbonyl (C=O) groups excluding carboxylic acids is 1. The van der Waals surface area contributed by atoms with Crippen molar-refractivity contribution in [3.8, 4) is 6.07 Å². The molecule has 0 saturated carbocycles. The van der Waals surface area contributed by atoms with Crippen molar-refractivity contribution in [1.29, 1.82) is 5.26 Å². The van der Waals surface area contributed by atoms with E-state index in [1.54, 1.807) is 0 Å². The molecule has 6 heteroatoms. The van der Waals surface area contributed by atoms with Crippen LogP contribution in [0.2, 0.25) is 0 Å². The predicted octanol–water partition coefficient (Wildman–Crippen LogP) is -0.0164. The van der Waals surface area contributed by atoms with Gasteiger partial charge in [0.05, 0.1) is 18.2 Å². The second-order valence-electron chi connectivity index (χ2n) is 3.55. The first-order valence-electron chi connectivity index (χ1n) is 4.94. The van der Waals surface area contributed by atoms with E-state index in [9.17, 15) is 13.2 Å². The lowest BCUT2D eigenvalue weighted by atomic mass is 10.2. The van der Waals surface area contributed by atoms with Crippen LogP contribution < -0.4 is 5.32 Å². The zero-order chi connectivity index (χ0) is 11.3. The van der Waals surface area contributed by atoms with Gasteiger partial charge in [-0.05, 0) is 12.8 Å². The molecule has 1 aliphatic rings. The van der Waals surface area contributed by atoms with Crippen molar-refractivity contribution in [2.45, 2.75) is 30.9 Å². The first-order valence-corrected chi connectivity index (χ1v) is 6.65. The molecule has 0 radical (unpaired) electrons. The topological polar surface area (TPSA) is 87.0 Å². The Labute approximate surface area is 89.4 Å². The summed E-state index contributed by atoms with van der Waals surface area (Å²) >= 11 is 0. The first-order chi connectivity index (χ1) is 7.08. The minimum Gasteiger partial charge on any atom is -0.354 e. The first kappa shape index (κ1) is 12.0. The molecule has 5 nitrogen and oxygen atoms in total. The Morgan fingerprint density at radius 2 is 2.20 bits per heavy atom. The van der Waals surface area contributed by atoms with Crippen molar-refractivity contribution in [1.82, 2.24) is 5.32 Å². The van der Waals surface area contributed by atoms with Crippen molar-refractivity contribution in [2.75, 3.05) is 12.3 Å². The van der Waals surface area contributed by atoms with Crippen LogP contribution in [0.15, 0.2) is 0 Å². The molecule has 1 amide bonds. The van der Waals surface area contributed by atoms with Crippen molar-refractivity contribution in [3.63, 3.8) is 0 Å². The number of rotatable bonds is 3. The van der Waals surface area contributed by atoms with Gasteiger partial charge in [0.25, 0.3) is 0 Å². The Morgan fingerprint density at radius 3 is 2.80 bits per heavy atom. The number of hydrogen-bond acceptors (Lipinski definition) is 4. The van der Waals surface area contributed by atoms with E-state index in [1.165, 1.54) is 0 Å². The minimum atomic E-state index is -3.25. The zero-order valence-corrected chi connectivity index (χ0v) is 9.22. The average molecular weight is 230 g/mol. The molecular formula is C9H14N2O3S. The highest BCUT2D eigenvalue weighted by Crippen LogP contribution is 2.19. The van der Waals surface area contributed by atoms with Crippen LogP contribution in [0.5, 0.6) is 0 Å². The lowest BCUT2D eigenvalue weighted by Gasteiger charge is -2.21. The van der Waals surface area contributed by atoms with Crippen LogP contribution in [0, 0.1) is 11.3 Å². The third kappa shape index (κ3) is 3.20. The molecule has 15 heavy (non-hydrogen) atoms. The van der Waals surface area contributed by atoms with Crippen LogP contribution in [0.1, 0.15) is 25.7 Å². The van der Waals surface area contributed by atoms with E-state index < -0.39 is 21.0 Å². The van der Waals surface area contributed by atoms with E-state index in [0.717, 1.165) is 6.42 Å². The Kier molecular flexibility index (Phi) is 4.09. The van der Waals surface area contributed by atoms with Gasteiger partial charge in [-0.1, -0.05) is 6.42 Å². The van der Waals surface area contributed by atoms with Gasteiger partial charge >= 0.3 is 0 Å². The predicted molar refractivity (Wildman–Crippen MR) is 54.7 cm³/mol. The molecule has 1 N–H and O–H groups in total. The molecule has 1 aliphatic heterocycles. The smallest absolute Gasteiger partial charge is 0.238 e. The number of sulfone groups is 1. The van der Waals surface area contributed by atoms with Crippen molar-refractivity contribution < 1.29 is 13.2 Å². The highest BCUT2D eigenvalue weighted by atomic mass is 32.2. The van der Waals surface area contributed by atoms with Crippen LogP contribution in [0.3, 0.4) is 0 Å². The van der Waals surface area contributed by atoms with E-state index in [2.05, 4.69) is 5.32 Å². The van der Waals surface area contributed by atoms with Gasteiger partial charge < -0.3 is 5.32 Å². The summed E-state index contributed by atoms with van der Waals surface area (Å²) in [6.07, 6.45) is 2.03. The summed E-state index contributed by atoms with van der Waals surface area (Å²) in [5.41, 5.74) is 0. The molecule has 0 aromatic heterocycles. The summed E-state index contributed by atoms with van der Waals surface area (Å²) in [4.78, 5) is 11.5. The largest absolute Gasteiger partial charge is 0.354 e. The van der Waals surface area contributed by atoms with Gasteiger partial charge in [-0.2, -0.15) is 5.26 Å². The van der Waals surface area contributed by atoms with Gasteiger partial charge in [-0.25, -0.2) is 8.42 Å².